The van der Waals surface area contributed by atoms with Crippen molar-refractivity contribution in [1.29, 1.82) is 0 Å². The van der Waals surface area contributed by atoms with Crippen LogP contribution < -0.4 is 0 Å². The van der Waals surface area contributed by atoms with Crippen LogP contribution in [0.5, 0.6) is 0 Å². The van der Waals surface area contributed by atoms with Gasteiger partial charge < -0.3 is 0 Å². The number of fused-ring (bicyclic) bond motifs is 1. The zero-order chi connectivity index (χ0) is 29.0. The predicted molar refractivity (Wildman–Crippen MR) is 140 cm³/mol. The molecule has 0 bridgehead atoms. The Bertz CT molecular complexity index is 1650. The third-order valence-electron chi connectivity index (χ3n) is 7.39. The van der Waals surface area contributed by atoms with Crippen molar-refractivity contribution < 1.29 is 26.0 Å². The molecule has 214 valence electrons. The molecule has 40 heavy (non-hydrogen) atoms. The zero-order valence-electron chi connectivity index (χ0n) is 22.4. The zero-order valence-corrected chi connectivity index (χ0v) is 23.2. The highest BCUT2D eigenvalue weighted by molar-refractivity contribution is 7.89. The molecule has 0 N–H and O–H groups in total. The molecule has 3 heterocycles. The third kappa shape index (κ3) is 5.10. The Balaban J connectivity index is 1.56. The molecule has 1 atom stereocenters. The Kier molecular flexibility index (Phi) is 6.99. The summed E-state index contributed by atoms with van der Waals surface area (Å²) in [5.74, 6) is -0.376. The molecule has 4 aromatic rings. The van der Waals surface area contributed by atoms with Crippen molar-refractivity contribution in [2.24, 2.45) is 12.5 Å². The van der Waals surface area contributed by atoms with E-state index in [4.69, 9.17) is 0 Å². The largest absolute Gasteiger partial charge is 0.395 e. The average molecular weight is 580 g/mol. The first-order valence-electron chi connectivity index (χ1n) is 12.6. The van der Waals surface area contributed by atoms with Gasteiger partial charge in [0.25, 0.3) is 10.0 Å². The Morgan fingerprint density at radius 3 is 2.35 bits per heavy atom. The van der Waals surface area contributed by atoms with Crippen molar-refractivity contribution in [2.75, 3.05) is 26.2 Å². The predicted octanol–water partition coefficient (Wildman–Crippen LogP) is 4.24. The van der Waals surface area contributed by atoms with Gasteiger partial charge in [-0.25, -0.2) is 17.5 Å². The lowest BCUT2D eigenvalue weighted by Crippen LogP contribution is -2.54. The van der Waals surface area contributed by atoms with Crippen LogP contribution in [0.4, 0.5) is 17.6 Å². The summed E-state index contributed by atoms with van der Waals surface area (Å²) in [6.45, 7) is 3.85. The van der Waals surface area contributed by atoms with Crippen LogP contribution in [0.2, 0.25) is 0 Å². The molecule has 2 aromatic heterocycles. The molecule has 2 aromatic carbocycles. The molecule has 0 radical (unpaired) electrons. The SMILES string of the molecule is Cc1cc2c(cnn2-c2ccc(F)cc2)cc1C1CN(S(=O)(=O)c2cnn(C)n2)CCN1CC(C)(C)C(F)(F)F. The van der Waals surface area contributed by atoms with Crippen LogP contribution in [0, 0.1) is 18.2 Å². The minimum Gasteiger partial charge on any atom is -0.293 e. The maximum atomic E-state index is 13.9. The molecule has 0 spiro atoms. The highest BCUT2D eigenvalue weighted by atomic mass is 32.2. The molecule has 1 aliphatic heterocycles. The number of alkyl halides is 3. The van der Waals surface area contributed by atoms with E-state index < -0.39 is 27.7 Å². The summed E-state index contributed by atoms with van der Waals surface area (Å²) in [6, 6.07) is 8.90. The van der Waals surface area contributed by atoms with E-state index in [1.54, 1.807) is 27.9 Å². The molecule has 1 fully saturated rings. The smallest absolute Gasteiger partial charge is 0.293 e. The first-order valence-corrected chi connectivity index (χ1v) is 14.0. The number of aromatic nitrogens is 5. The van der Waals surface area contributed by atoms with E-state index in [2.05, 4.69) is 15.3 Å². The number of benzene rings is 2. The van der Waals surface area contributed by atoms with E-state index in [0.29, 0.717) is 16.6 Å². The van der Waals surface area contributed by atoms with Crippen LogP contribution in [0.3, 0.4) is 0 Å². The molecule has 0 aliphatic carbocycles. The van der Waals surface area contributed by atoms with E-state index in [-0.39, 0.29) is 37.0 Å². The first-order chi connectivity index (χ1) is 18.7. The van der Waals surface area contributed by atoms with Crippen LogP contribution >= 0.6 is 0 Å². The second-order valence-corrected chi connectivity index (χ2v) is 12.6. The Morgan fingerprint density at radius 1 is 1.02 bits per heavy atom. The normalized spacial score (nSPS) is 18.1. The van der Waals surface area contributed by atoms with Gasteiger partial charge in [0.2, 0.25) is 5.03 Å². The minimum absolute atomic E-state index is 0.00708. The molecule has 1 aliphatic rings. The number of halogens is 4. The molecule has 0 saturated carbocycles. The molecule has 1 unspecified atom stereocenters. The van der Waals surface area contributed by atoms with E-state index in [1.165, 1.54) is 23.5 Å². The molecule has 1 saturated heterocycles. The Hall–Kier alpha value is -3.36. The van der Waals surface area contributed by atoms with Gasteiger partial charge in [-0.2, -0.15) is 32.5 Å². The fourth-order valence-corrected chi connectivity index (χ4v) is 6.34. The topological polar surface area (TPSA) is 89.2 Å². The van der Waals surface area contributed by atoms with Gasteiger partial charge in [-0.15, -0.1) is 5.10 Å². The van der Waals surface area contributed by atoms with Crippen molar-refractivity contribution in [3.63, 3.8) is 0 Å². The van der Waals surface area contributed by atoms with Crippen molar-refractivity contribution in [3.8, 4) is 5.69 Å². The second kappa shape index (κ2) is 9.93. The summed E-state index contributed by atoms with van der Waals surface area (Å²) in [7, 11) is -2.52. The van der Waals surface area contributed by atoms with Gasteiger partial charge in [-0.1, -0.05) is 0 Å². The summed E-state index contributed by atoms with van der Waals surface area (Å²) in [4.78, 5) is 2.85. The molecule has 0 amide bonds. The van der Waals surface area contributed by atoms with Gasteiger partial charge in [0.05, 0.1) is 29.0 Å². The number of nitrogens with zero attached hydrogens (tertiary/aromatic N) is 7. The lowest BCUT2D eigenvalue weighted by atomic mass is 9.89. The standard InChI is InChI=1S/C26H29F4N7O2S/c1-17-11-22-18(13-32-37(22)20-7-5-19(27)6-8-20)12-21(17)23-15-36(40(38,39)24-14-31-34(4)33-24)10-9-35(23)16-25(2,3)26(28,29)30/h5-8,11-14,23H,9-10,15-16H2,1-4H3. The molecular weight excluding hydrogens is 550 g/mol. The van der Waals surface area contributed by atoms with Gasteiger partial charge in [0.1, 0.15) is 5.82 Å². The van der Waals surface area contributed by atoms with E-state index in [0.717, 1.165) is 35.9 Å². The number of sulfonamides is 1. The van der Waals surface area contributed by atoms with E-state index >= 15 is 0 Å². The fraction of sp³-hybridized carbons (Fsp3) is 0.423. The lowest BCUT2D eigenvalue weighted by Gasteiger charge is -2.44. The highest BCUT2D eigenvalue weighted by Crippen LogP contribution is 2.41. The number of rotatable bonds is 6. The van der Waals surface area contributed by atoms with Crippen LogP contribution in [-0.4, -0.2) is 74.8 Å². The van der Waals surface area contributed by atoms with Crippen LogP contribution in [0.25, 0.3) is 16.6 Å². The Morgan fingerprint density at radius 2 is 1.73 bits per heavy atom. The van der Waals surface area contributed by atoms with Gasteiger partial charge >= 0.3 is 6.18 Å². The fourth-order valence-electron chi connectivity index (χ4n) is 5.02. The summed E-state index contributed by atoms with van der Waals surface area (Å²) in [5, 5.41) is 12.7. The first kappa shape index (κ1) is 28.2. The summed E-state index contributed by atoms with van der Waals surface area (Å²) in [6.07, 6.45) is -1.66. The molecule has 5 rings (SSSR count). The van der Waals surface area contributed by atoms with Gasteiger partial charge in [0.15, 0.2) is 0 Å². The molecule has 9 nitrogen and oxygen atoms in total. The van der Waals surface area contributed by atoms with Crippen molar-refractivity contribution in [3.05, 3.63) is 65.7 Å². The monoisotopic (exact) mass is 579 g/mol. The van der Waals surface area contributed by atoms with E-state index in [9.17, 15) is 26.0 Å². The highest BCUT2D eigenvalue weighted by Gasteiger charge is 2.50. The number of aryl methyl sites for hydroxylation is 2. The quantitative estimate of drug-likeness (QED) is 0.318. The van der Waals surface area contributed by atoms with Gasteiger partial charge in [-0.3, -0.25) is 4.90 Å². The average Bonchev–Trinajstić information content (AvgIpc) is 3.50. The lowest BCUT2D eigenvalue weighted by molar-refractivity contribution is -0.219. The van der Waals surface area contributed by atoms with Crippen LogP contribution in [-0.2, 0) is 17.1 Å². The van der Waals surface area contributed by atoms with E-state index in [1.807, 2.05) is 19.1 Å². The summed E-state index contributed by atoms with van der Waals surface area (Å²) < 4.78 is 84.8. The maximum absolute atomic E-state index is 13.9. The van der Waals surface area contributed by atoms with Gasteiger partial charge in [0, 0.05) is 44.7 Å². The van der Waals surface area contributed by atoms with Crippen LogP contribution in [0.15, 0.2) is 53.8 Å². The number of hydrogen-bond donors (Lipinski definition) is 0. The van der Waals surface area contributed by atoms with Crippen molar-refractivity contribution in [1.82, 2.24) is 34.0 Å². The third-order valence-corrected chi connectivity index (χ3v) is 9.12. The van der Waals surface area contributed by atoms with Gasteiger partial charge in [-0.05, 0) is 68.3 Å². The summed E-state index contributed by atoms with van der Waals surface area (Å²) >= 11 is 0. The maximum Gasteiger partial charge on any atom is 0.395 e. The minimum atomic E-state index is -4.45. The van der Waals surface area contributed by atoms with Crippen LogP contribution in [0.1, 0.15) is 31.0 Å². The van der Waals surface area contributed by atoms with Crippen molar-refractivity contribution >= 4 is 20.9 Å². The second-order valence-electron chi connectivity index (χ2n) is 10.7. The molecular formula is C26H29F4N7O2S. The number of piperazine rings is 1. The van der Waals surface area contributed by atoms with Crippen molar-refractivity contribution in [2.45, 2.75) is 38.0 Å². The summed E-state index contributed by atoms with van der Waals surface area (Å²) in [5.41, 5.74) is 0.812. The Labute approximate surface area is 229 Å². The molecule has 14 heteroatoms. The number of hydrogen-bond acceptors (Lipinski definition) is 6.